The summed E-state index contributed by atoms with van der Waals surface area (Å²) in [5, 5.41) is 18.3. The highest BCUT2D eigenvalue weighted by Gasteiger charge is 2.21. The van der Waals surface area contributed by atoms with E-state index >= 15 is 0 Å². The van der Waals surface area contributed by atoms with Crippen molar-refractivity contribution in [3.8, 4) is 17.0 Å². The van der Waals surface area contributed by atoms with Gasteiger partial charge >= 0.3 is 0 Å². The van der Waals surface area contributed by atoms with Gasteiger partial charge in [0.15, 0.2) is 5.82 Å². The quantitative estimate of drug-likeness (QED) is 0.618. The van der Waals surface area contributed by atoms with E-state index in [0.717, 1.165) is 5.56 Å². The number of aromatic nitrogens is 1. The number of benzene rings is 1. The van der Waals surface area contributed by atoms with Crippen LogP contribution in [0.2, 0.25) is 5.02 Å². The number of aliphatic hydroxyl groups excluding tert-OH is 1. The first kappa shape index (κ1) is 16.4. The van der Waals surface area contributed by atoms with Gasteiger partial charge in [-0.25, -0.2) is 4.98 Å². The van der Waals surface area contributed by atoms with E-state index in [2.05, 4.69) is 20.9 Å². The van der Waals surface area contributed by atoms with Crippen molar-refractivity contribution in [2.45, 2.75) is 13.3 Å². The van der Waals surface area contributed by atoms with Crippen LogP contribution in [-0.4, -0.2) is 35.5 Å². The molecule has 4 N–H and O–H groups in total. The van der Waals surface area contributed by atoms with E-state index in [1.54, 1.807) is 6.07 Å². The van der Waals surface area contributed by atoms with Gasteiger partial charge in [0.2, 0.25) is 12.3 Å². The minimum Gasteiger partial charge on any atom is -0.492 e. The van der Waals surface area contributed by atoms with Crippen molar-refractivity contribution in [1.82, 2.24) is 10.3 Å². The van der Waals surface area contributed by atoms with E-state index in [9.17, 15) is 9.90 Å². The number of aliphatic hydroxyl groups is 1. The minimum absolute atomic E-state index is 0.0838. The fraction of sp³-hybridized carbons (Fsp3) is 0.250. The van der Waals surface area contributed by atoms with Crippen LogP contribution in [0.5, 0.6) is 5.75 Å². The van der Waals surface area contributed by atoms with Gasteiger partial charge in [0.25, 0.3) is 0 Å². The normalized spacial score (nSPS) is 15.2. The Kier molecular flexibility index (Phi) is 4.73. The molecule has 0 radical (unpaired) electrons. The first-order chi connectivity index (χ1) is 11.5. The first-order valence-corrected chi connectivity index (χ1v) is 7.80. The van der Waals surface area contributed by atoms with Crippen molar-refractivity contribution in [2.24, 2.45) is 0 Å². The summed E-state index contributed by atoms with van der Waals surface area (Å²) in [6.07, 6.45) is -0.863. The van der Waals surface area contributed by atoms with E-state index in [1.807, 2.05) is 24.3 Å². The van der Waals surface area contributed by atoms with Crippen LogP contribution in [0.15, 0.2) is 30.3 Å². The largest absolute Gasteiger partial charge is 0.492 e. The molecule has 1 amide bonds. The summed E-state index contributed by atoms with van der Waals surface area (Å²) in [5.74, 6) is 1.16. The third-order valence-corrected chi connectivity index (χ3v) is 3.70. The average molecular weight is 349 g/mol. The summed E-state index contributed by atoms with van der Waals surface area (Å²) in [6, 6.07) is 9.06. The number of nitrogens with one attached hydrogen (secondary N) is 3. The monoisotopic (exact) mass is 348 g/mol. The molecule has 3 rings (SSSR count). The zero-order chi connectivity index (χ0) is 17.1. The van der Waals surface area contributed by atoms with Gasteiger partial charge in [-0.3, -0.25) is 4.79 Å². The molecule has 1 aliphatic rings. The molecular weight excluding hydrogens is 332 g/mol. The highest BCUT2D eigenvalue weighted by molar-refractivity contribution is 6.33. The van der Waals surface area contributed by atoms with Crippen molar-refractivity contribution in [3.63, 3.8) is 0 Å². The van der Waals surface area contributed by atoms with E-state index in [1.165, 1.54) is 6.92 Å². The molecule has 1 aromatic carbocycles. The fourth-order valence-corrected chi connectivity index (χ4v) is 2.59. The Morgan fingerprint density at radius 1 is 1.38 bits per heavy atom. The summed E-state index contributed by atoms with van der Waals surface area (Å²) < 4.78 is 5.54. The standard InChI is InChI=1S/C16H17ClN4O3/c1-9(22)18-6-7-24-11-4-2-10(3-5-11)14-12(17)8-13-15(20-14)21-16(23)19-13/h2-5,8,16,19,23H,6-7H2,1H3,(H,18,22)(H,20,21). The van der Waals surface area contributed by atoms with Crippen LogP contribution in [0.3, 0.4) is 0 Å². The molecular formula is C16H17ClN4O3. The van der Waals surface area contributed by atoms with Crippen LogP contribution < -0.4 is 20.7 Å². The number of carbonyl (C=O) groups is 1. The van der Waals surface area contributed by atoms with E-state index in [-0.39, 0.29) is 5.91 Å². The van der Waals surface area contributed by atoms with Gasteiger partial charge in [0, 0.05) is 12.5 Å². The van der Waals surface area contributed by atoms with Crippen LogP contribution >= 0.6 is 11.6 Å². The number of rotatable bonds is 5. The molecule has 24 heavy (non-hydrogen) atoms. The van der Waals surface area contributed by atoms with Gasteiger partial charge in [-0.05, 0) is 30.3 Å². The molecule has 1 aliphatic heterocycles. The molecule has 2 heterocycles. The molecule has 0 spiro atoms. The molecule has 0 bridgehead atoms. The van der Waals surface area contributed by atoms with Crippen LogP contribution in [-0.2, 0) is 4.79 Å². The molecule has 0 aliphatic carbocycles. The molecule has 8 heteroatoms. The number of carbonyl (C=O) groups excluding carboxylic acids is 1. The summed E-state index contributed by atoms with van der Waals surface area (Å²) >= 11 is 6.28. The predicted octanol–water partition coefficient (Wildman–Crippen LogP) is 2.03. The highest BCUT2D eigenvalue weighted by atomic mass is 35.5. The maximum atomic E-state index is 10.8. The Morgan fingerprint density at radius 3 is 2.83 bits per heavy atom. The summed E-state index contributed by atoms with van der Waals surface area (Å²) in [7, 11) is 0. The highest BCUT2D eigenvalue weighted by Crippen LogP contribution is 2.35. The molecule has 0 saturated carbocycles. The van der Waals surface area contributed by atoms with Gasteiger partial charge in [0.05, 0.1) is 22.9 Å². The van der Waals surface area contributed by atoms with Gasteiger partial charge in [0.1, 0.15) is 12.4 Å². The molecule has 7 nitrogen and oxygen atoms in total. The van der Waals surface area contributed by atoms with Crippen LogP contribution in [0, 0.1) is 0 Å². The van der Waals surface area contributed by atoms with E-state index < -0.39 is 6.35 Å². The third kappa shape index (κ3) is 3.69. The lowest BCUT2D eigenvalue weighted by Crippen LogP contribution is -2.25. The predicted molar refractivity (Wildman–Crippen MR) is 92.1 cm³/mol. The third-order valence-electron chi connectivity index (χ3n) is 3.41. The lowest BCUT2D eigenvalue weighted by molar-refractivity contribution is -0.119. The summed E-state index contributed by atoms with van der Waals surface area (Å²) in [4.78, 5) is 15.2. The molecule has 0 fully saturated rings. The Labute approximate surface area is 144 Å². The van der Waals surface area contributed by atoms with Gasteiger partial charge < -0.3 is 25.8 Å². The maximum Gasteiger partial charge on any atom is 0.216 e. The van der Waals surface area contributed by atoms with E-state index in [4.69, 9.17) is 16.3 Å². The van der Waals surface area contributed by atoms with Crippen LogP contribution in [0.1, 0.15) is 6.92 Å². The molecule has 1 atom stereocenters. The number of pyridine rings is 1. The second-order valence-electron chi connectivity index (χ2n) is 5.26. The topological polar surface area (TPSA) is 95.5 Å². The van der Waals surface area contributed by atoms with E-state index in [0.29, 0.717) is 41.1 Å². The summed E-state index contributed by atoms with van der Waals surface area (Å²) in [6.45, 7) is 2.31. The van der Waals surface area contributed by atoms with Crippen molar-refractivity contribution in [2.75, 3.05) is 23.8 Å². The number of nitrogens with zero attached hydrogens (tertiary/aromatic N) is 1. The molecule has 1 unspecified atom stereocenters. The fourth-order valence-electron chi connectivity index (χ4n) is 2.33. The molecule has 2 aromatic rings. The average Bonchev–Trinajstić information content (AvgIpc) is 2.90. The first-order valence-electron chi connectivity index (χ1n) is 7.42. The van der Waals surface area contributed by atoms with Crippen molar-refractivity contribution >= 4 is 29.0 Å². The second-order valence-corrected chi connectivity index (χ2v) is 5.67. The number of ether oxygens (including phenoxy) is 1. The van der Waals surface area contributed by atoms with Gasteiger partial charge in [-0.1, -0.05) is 11.6 Å². The SMILES string of the molecule is CC(=O)NCCOc1ccc(-c2nc3c(cc2Cl)NC(O)N3)cc1. The Bertz CT molecular complexity index is 752. The lowest BCUT2D eigenvalue weighted by Gasteiger charge is -2.09. The number of halogens is 1. The van der Waals surface area contributed by atoms with Crippen molar-refractivity contribution in [1.29, 1.82) is 0 Å². The maximum absolute atomic E-state index is 10.8. The number of hydrogen-bond donors (Lipinski definition) is 4. The number of amides is 1. The zero-order valence-corrected chi connectivity index (χ0v) is 13.7. The van der Waals surface area contributed by atoms with Gasteiger partial charge in [-0.2, -0.15) is 0 Å². The molecule has 126 valence electrons. The Hall–Kier alpha value is -2.51. The molecule has 1 aromatic heterocycles. The smallest absolute Gasteiger partial charge is 0.216 e. The number of anilines is 2. The van der Waals surface area contributed by atoms with Gasteiger partial charge in [-0.15, -0.1) is 0 Å². The van der Waals surface area contributed by atoms with Crippen LogP contribution in [0.4, 0.5) is 11.5 Å². The Morgan fingerprint density at radius 2 is 2.12 bits per heavy atom. The Balaban J connectivity index is 1.70. The second kappa shape index (κ2) is 6.94. The number of hydrogen-bond acceptors (Lipinski definition) is 6. The lowest BCUT2D eigenvalue weighted by atomic mass is 10.1. The van der Waals surface area contributed by atoms with Crippen molar-refractivity contribution in [3.05, 3.63) is 35.4 Å². The van der Waals surface area contributed by atoms with Crippen LogP contribution in [0.25, 0.3) is 11.3 Å². The zero-order valence-electron chi connectivity index (χ0n) is 13.0. The summed E-state index contributed by atoms with van der Waals surface area (Å²) in [5.41, 5.74) is 2.11. The minimum atomic E-state index is -0.863. The molecule has 0 saturated heterocycles. The van der Waals surface area contributed by atoms with Crippen molar-refractivity contribution < 1.29 is 14.6 Å². The number of fused-ring (bicyclic) bond motifs is 1.